The fraction of sp³-hybridized carbons (Fsp3) is 0.267. The highest BCUT2D eigenvalue weighted by Crippen LogP contribution is 2.27. The molecule has 2 aromatic heterocycles. The number of halogens is 2. The third-order valence-corrected chi connectivity index (χ3v) is 4.05. The Balaban J connectivity index is 2.02. The number of hydrogen-bond acceptors (Lipinski definition) is 5. The number of aromatic nitrogens is 4. The van der Waals surface area contributed by atoms with Crippen LogP contribution in [0.15, 0.2) is 30.7 Å². The van der Waals surface area contributed by atoms with E-state index in [0.29, 0.717) is 28.1 Å². The zero-order valence-electron chi connectivity index (χ0n) is 12.6. The molecule has 0 aliphatic heterocycles. The van der Waals surface area contributed by atoms with Gasteiger partial charge in [-0.1, -0.05) is 23.2 Å². The molecule has 8 heteroatoms. The van der Waals surface area contributed by atoms with Crippen LogP contribution in [-0.4, -0.2) is 39.5 Å². The first-order valence-electron chi connectivity index (χ1n) is 6.99. The van der Waals surface area contributed by atoms with E-state index in [0.717, 1.165) is 11.1 Å². The lowest BCUT2D eigenvalue weighted by atomic mass is 10.3. The van der Waals surface area contributed by atoms with Crippen molar-refractivity contribution >= 4 is 40.1 Å². The van der Waals surface area contributed by atoms with Crippen molar-refractivity contribution in [1.82, 2.24) is 19.7 Å². The number of nitrogens with zero attached hydrogens (tertiary/aromatic N) is 4. The van der Waals surface area contributed by atoms with Gasteiger partial charge in [0.2, 0.25) is 0 Å². The van der Waals surface area contributed by atoms with Crippen LogP contribution in [0.2, 0.25) is 10.0 Å². The van der Waals surface area contributed by atoms with Crippen molar-refractivity contribution in [2.45, 2.75) is 13.0 Å². The molecule has 6 nitrogen and oxygen atoms in total. The van der Waals surface area contributed by atoms with Crippen LogP contribution in [-0.2, 0) is 4.74 Å². The molecular weight excluding hydrogens is 337 g/mol. The highest BCUT2D eigenvalue weighted by molar-refractivity contribution is 6.42. The van der Waals surface area contributed by atoms with Crippen molar-refractivity contribution in [2.75, 3.05) is 19.0 Å². The molecule has 1 N–H and O–H groups in total. The first kappa shape index (κ1) is 16.0. The van der Waals surface area contributed by atoms with Gasteiger partial charge in [-0.25, -0.2) is 14.6 Å². The van der Waals surface area contributed by atoms with Gasteiger partial charge in [0.15, 0.2) is 5.65 Å². The Morgan fingerprint density at radius 2 is 2.09 bits per heavy atom. The number of fused-ring (bicyclic) bond motifs is 1. The van der Waals surface area contributed by atoms with Gasteiger partial charge in [-0.05, 0) is 25.1 Å². The number of hydrogen-bond donors (Lipinski definition) is 1. The second-order valence-corrected chi connectivity index (χ2v) is 5.93. The predicted octanol–water partition coefficient (Wildman–Crippen LogP) is 3.57. The van der Waals surface area contributed by atoms with E-state index in [4.69, 9.17) is 27.9 Å². The fourth-order valence-corrected chi connectivity index (χ4v) is 2.58. The quantitative estimate of drug-likeness (QED) is 0.761. The molecule has 0 fully saturated rings. The molecule has 1 atom stereocenters. The Labute approximate surface area is 143 Å². The summed E-state index contributed by atoms with van der Waals surface area (Å²) in [6.45, 7) is 2.59. The van der Waals surface area contributed by atoms with Crippen molar-refractivity contribution < 1.29 is 4.74 Å². The highest BCUT2D eigenvalue weighted by Gasteiger charge is 2.13. The summed E-state index contributed by atoms with van der Waals surface area (Å²) in [5.74, 6) is 0.714. The lowest BCUT2D eigenvalue weighted by molar-refractivity contribution is 0.190. The Morgan fingerprint density at radius 3 is 2.83 bits per heavy atom. The van der Waals surface area contributed by atoms with Gasteiger partial charge in [0.25, 0.3) is 0 Å². The lowest BCUT2D eigenvalue weighted by Gasteiger charge is -2.13. The summed E-state index contributed by atoms with van der Waals surface area (Å²) in [7, 11) is 1.66. The van der Waals surface area contributed by atoms with Crippen LogP contribution in [0.5, 0.6) is 0 Å². The summed E-state index contributed by atoms with van der Waals surface area (Å²) in [6.07, 6.45) is 3.22. The second-order valence-electron chi connectivity index (χ2n) is 5.12. The van der Waals surface area contributed by atoms with E-state index >= 15 is 0 Å². The minimum absolute atomic E-state index is 0.117. The van der Waals surface area contributed by atoms with Crippen molar-refractivity contribution in [3.8, 4) is 5.69 Å². The molecule has 0 aliphatic carbocycles. The van der Waals surface area contributed by atoms with Gasteiger partial charge in [0.1, 0.15) is 12.1 Å². The zero-order valence-corrected chi connectivity index (χ0v) is 14.1. The predicted molar refractivity (Wildman–Crippen MR) is 91.6 cm³/mol. The van der Waals surface area contributed by atoms with E-state index in [1.165, 1.54) is 6.33 Å². The standard InChI is InChI=1S/C15H15Cl2N5O/c1-9(7-23-2)21-14-11-6-20-22(15(11)19-8-18-14)10-3-4-12(16)13(17)5-10/h3-6,8-9H,7H2,1-2H3,(H,18,19,21)/t9-/m0/s1. The van der Waals surface area contributed by atoms with Gasteiger partial charge in [-0.2, -0.15) is 5.10 Å². The van der Waals surface area contributed by atoms with Gasteiger partial charge >= 0.3 is 0 Å². The van der Waals surface area contributed by atoms with Crippen LogP contribution in [0.1, 0.15) is 6.92 Å². The third-order valence-electron chi connectivity index (χ3n) is 3.31. The summed E-state index contributed by atoms with van der Waals surface area (Å²) in [4.78, 5) is 8.62. The molecule has 3 rings (SSSR count). The summed E-state index contributed by atoms with van der Waals surface area (Å²) in [5.41, 5.74) is 1.47. The number of ether oxygens (including phenoxy) is 1. The van der Waals surface area contributed by atoms with Crippen LogP contribution in [0.4, 0.5) is 5.82 Å². The van der Waals surface area contributed by atoms with Crippen LogP contribution in [0.25, 0.3) is 16.7 Å². The average Bonchev–Trinajstić information content (AvgIpc) is 2.95. The van der Waals surface area contributed by atoms with Crippen LogP contribution in [0, 0.1) is 0 Å². The molecule has 2 heterocycles. The molecular formula is C15H15Cl2N5O. The van der Waals surface area contributed by atoms with Gasteiger partial charge in [-0.15, -0.1) is 0 Å². The Bertz CT molecular complexity index is 836. The fourth-order valence-electron chi connectivity index (χ4n) is 2.29. The minimum Gasteiger partial charge on any atom is -0.383 e. The molecule has 0 saturated carbocycles. The van der Waals surface area contributed by atoms with E-state index in [9.17, 15) is 0 Å². The van der Waals surface area contributed by atoms with Crippen LogP contribution >= 0.6 is 23.2 Å². The topological polar surface area (TPSA) is 64.9 Å². The molecule has 120 valence electrons. The van der Waals surface area contributed by atoms with E-state index in [2.05, 4.69) is 20.4 Å². The SMILES string of the molecule is COC[C@H](C)Nc1ncnc2c1cnn2-c1ccc(Cl)c(Cl)c1. The summed E-state index contributed by atoms with van der Waals surface area (Å²) < 4.78 is 6.83. The molecule has 3 aromatic rings. The molecule has 1 aromatic carbocycles. The van der Waals surface area contributed by atoms with E-state index < -0.39 is 0 Å². The number of nitrogens with one attached hydrogen (secondary N) is 1. The lowest BCUT2D eigenvalue weighted by Crippen LogP contribution is -2.21. The maximum Gasteiger partial charge on any atom is 0.168 e. The minimum atomic E-state index is 0.117. The first-order valence-corrected chi connectivity index (χ1v) is 7.75. The molecule has 23 heavy (non-hydrogen) atoms. The first-order chi connectivity index (χ1) is 11.1. The van der Waals surface area contributed by atoms with Crippen LogP contribution < -0.4 is 5.32 Å². The zero-order chi connectivity index (χ0) is 16.4. The number of methoxy groups -OCH3 is 1. The summed E-state index contributed by atoms with van der Waals surface area (Å²) in [5, 5.41) is 9.47. The molecule has 0 amide bonds. The Morgan fingerprint density at radius 1 is 1.26 bits per heavy atom. The van der Waals surface area contributed by atoms with Gasteiger partial charge in [-0.3, -0.25) is 0 Å². The van der Waals surface area contributed by atoms with Crippen molar-refractivity contribution in [1.29, 1.82) is 0 Å². The Hall–Kier alpha value is -1.89. The molecule has 0 spiro atoms. The molecule has 0 saturated heterocycles. The number of benzene rings is 1. The third kappa shape index (κ3) is 3.24. The van der Waals surface area contributed by atoms with Crippen molar-refractivity contribution in [3.63, 3.8) is 0 Å². The molecule has 0 unspecified atom stereocenters. The normalized spacial score (nSPS) is 12.5. The Kier molecular flexibility index (Phi) is 4.66. The van der Waals surface area contributed by atoms with Crippen LogP contribution in [0.3, 0.4) is 0 Å². The van der Waals surface area contributed by atoms with Crippen molar-refractivity contribution in [2.24, 2.45) is 0 Å². The average molecular weight is 352 g/mol. The summed E-state index contributed by atoms with van der Waals surface area (Å²) in [6, 6.07) is 5.43. The molecule has 0 radical (unpaired) electrons. The number of rotatable bonds is 5. The second kappa shape index (κ2) is 6.70. The van der Waals surface area contributed by atoms with E-state index in [1.54, 1.807) is 30.1 Å². The van der Waals surface area contributed by atoms with E-state index in [1.807, 2.05) is 13.0 Å². The van der Waals surface area contributed by atoms with Crippen molar-refractivity contribution in [3.05, 3.63) is 40.8 Å². The smallest absolute Gasteiger partial charge is 0.168 e. The molecule has 0 bridgehead atoms. The highest BCUT2D eigenvalue weighted by atomic mass is 35.5. The maximum absolute atomic E-state index is 6.08. The number of anilines is 1. The molecule has 0 aliphatic rings. The summed E-state index contributed by atoms with van der Waals surface area (Å²) >= 11 is 12.0. The monoisotopic (exact) mass is 351 g/mol. The van der Waals surface area contributed by atoms with Gasteiger partial charge in [0.05, 0.1) is 33.9 Å². The van der Waals surface area contributed by atoms with E-state index in [-0.39, 0.29) is 6.04 Å². The maximum atomic E-state index is 6.08. The largest absolute Gasteiger partial charge is 0.383 e. The van der Waals surface area contributed by atoms with Gasteiger partial charge in [0, 0.05) is 13.2 Å². The van der Waals surface area contributed by atoms with Gasteiger partial charge < -0.3 is 10.1 Å².